The summed E-state index contributed by atoms with van der Waals surface area (Å²) in [6.45, 7) is 0. The Morgan fingerprint density at radius 3 is 2.93 bits per heavy atom. The first-order valence-electron chi connectivity index (χ1n) is 7.40. The molecule has 0 bridgehead atoms. The van der Waals surface area contributed by atoms with Crippen LogP contribution < -0.4 is 10.7 Å². The van der Waals surface area contributed by atoms with Gasteiger partial charge < -0.3 is 5.11 Å². The van der Waals surface area contributed by atoms with Crippen molar-refractivity contribution in [3.05, 3.63) is 57.9 Å². The van der Waals surface area contributed by atoms with E-state index in [0.29, 0.717) is 25.4 Å². The van der Waals surface area contributed by atoms with Crippen LogP contribution in [0.5, 0.6) is 0 Å². The summed E-state index contributed by atoms with van der Waals surface area (Å²) in [5.41, 5.74) is 1.51. The van der Waals surface area contributed by atoms with Gasteiger partial charge in [-0.2, -0.15) is 11.0 Å². The van der Waals surface area contributed by atoms with E-state index in [1.807, 2.05) is 6.07 Å². The molecule has 27 heavy (non-hydrogen) atoms. The van der Waals surface area contributed by atoms with Gasteiger partial charge in [0.2, 0.25) is 4.80 Å². The number of nitrogens with two attached hydrogens (primary N) is 1. The van der Waals surface area contributed by atoms with Crippen LogP contribution in [0.1, 0.15) is 10.4 Å². The molecule has 0 aliphatic rings. The van der Waals surface area contributed by atoms with Gasteiger partial charge in [-0.1, -0.05) is 35.1 Å². The van der Waals surface area contributed by atoms with Crippen molar-refractivity contribution in [1.82, 2.24) is 9.78 Å². The summed E-state index contributed by atoms with van der Waals surface area (Å²) < 4.78 is 6.27. The number of carbonyl (C=O) groups is 1. The van der Waals surface area contributed by atoms with E-state index in [9.17, 15) is 4.79 Å². The standard InChI is InChI=1S/C16H13ClN4O4S2/c1-21-16(19-11-4-2-3-10(7-11)15(22)23)26-14(20-21)9-5-6-12(17)13(8-9)27-25-24-18/h2-8H,18H2,1H3,(H,22,23). The largest absolute Gasteiger partial charge is 0.478 e. The molecule has 0 saturated carbocycles. The molecule has 0 atom stereocenters. The van der Waals surface area contributed by atoms with E-state index in [4.69, 9.17) is 22.6 Å². The molecule has 0 radical (unpaired) electrons. The molecule has 8 nitrogen and oxygen atoms in total. The molecule has 11 heteroatoms. The van der Waals surface area contributed by atoms with Crippen LogP contribution in [0.15, 0.2) is 52.4 Å². The molecule has 3 aromatic rings. The summed E-state index contributed by atoms with van der Waals surface area (Å²) in [5, 5.41) is 14.7. The molecule has 0 aliphatic carbocycles. The summed E-state index contributed by atoms with van der Waals surface area (Å²) in [7, 11) is 1.76. The minimum Gasteiger partial charge on any atom is -0.478 e. The van der Waals surface area contributed by atoms with E-state index >= 15 is 0 Å². The smallest absolute Gasteiger partial charge is 0.335 e. The molecule has 140 valence electrons. The summed E-state index contributed by atoms with van der Waals surface area (Å²) in [5.74, 6) is 3.85. The fourth-order valence-electron chi connectivity index (χ4n) is 2.14. The summed E-state index contributed by atoms with van der Waals surface area (Å²) in [6.07, 6.45) is 0. The number of aromatic nitrogens is 2. The Labute approximate surface area is 166 Å². The first-order valence-corrected chi connectivity index (χ1v) is 9.34. The van der Waals surface area contributed by atoms with E-state index in [1.54, 1.807) is 36.0 Å². The van der Waals surface area contributed by atoms with Gasteiger partial charge in [-0.05, 0) is 30.3 Å². The van der Waals surface area contributed by atoms with Crippen LogP contribution in [0.4, 0.5) is 5.69 Å². The topological polar surface area (TPSA) is 112 Å². The normalized spacial score (nSPS) is 11.7. The zero-order valence-corrected chi connectivity index (χ0v) is 16.2. The van der Waals surface area contributed by atoms with Crippen molar-refractivity contribution in [1.29, 1.82) is 0 Å². The van der Waals surface area contributed by atoms with Crippen LogP contribution in [0, 0.1) is 0 Å². The van der Waals surface area contributed by atoms with Crippen molar-refractivity contribution in [2.45, 2.75) is 4.90 Å². The van der Waals surface area contributed by atoms with Gasteiger partial charge in [0.25, 0.3) is 0 Å². The number of rotatable bonds is 6. The number of aryl methyl sites for hydroxylation is 1. The zero-order valence-electron chi connectivity index (χ0n) is 13.8. The lowest BCUT2D eigenvalue weighted by atomic mass is 10.2. The highest BCUT2D eigenvalue weighted by Gasteiger charge is 2.10. The summed E-state index contributed by atoms with van der Waals surface area (Å²) >= 11 is 8.35. The van der Waals surface area contributed by atoms with Gasteiger partial charge in [0.05, 0.1) is 33.2 Å². The molecule has 0 aliphatic heterocycles. The number of carboxylic acid groups (broad SMARTS) is 1. The first-order chi connectivity index (χ1) is 13.0. The molecule has 2 aromatic carbocycles. The second kappa shape index (κ2) is 8.65. The lowest BCUT2D eigenvalue weighted by Crippen LogP contribution is -2.10. The maximum atomic E-state index is 11.1. The Bertz CT molecular complexity index is 1050. The van der Waals surface area contributed by atoms with Gasteiger partial charge in [0, 0.05) is 12.6 Å². The fraction of sp³-hybridized carbons (Fsp3) is 0.0625. The number of carboxylic acids is 1. The molecular weight excluding hydrogens is 412 g/mol. The molecule has 0 unspecified atom stereocenters. The molecule has 1 heterocycles. The molecular formula is C16H13ClN4O4S2. The van der Waals surface area contributed by atoms with Gasteiger partial charge in [-0.15, -0.1) is 9.32 Å². The van der Waals surface area contributed by atoms with Crippen LogP contribution in [-0.2, 0) is 16.4 Å². The SMILES string of the molecule is Cn1nc(-c2ccc(Cl)c(SOON)c2)sc1=Nc1cccc(C(=O)O)c1. The van der Waals surface area contributed by atoms with Gasteiger partial charge in [-0.25, -0.2) is 14.5 Å². The average Bonchev–Trinajstić information content (AvgIpc) is 3.01. The quantitative estimate of drug-likeness (QED) is 0.353. The molecule has 0 fully saturated rings. The minimum absolute atomic E-state index is 0.171. The maximum absolute atomic E-state index is 11.1. The van der Waals surface area contributed by atoms with Crippen LogP contribution in [0.25, 0.3) is 10.6 Å². The van der Waals surface area contributed by atoms with Gasteiger partial charge in [0.15, 0.2) is 0 Å². The molecule has 0 spiro atoms. The molecule has 1 aromatic heterocycles. The fourth-order valence-corrected chi connectivity index (χ4v) is 3.69. The number of nitrogens with zero attached hydrogens (tertiary/aromatic N) is 3. The highest BCUT2D eigenvalue weighted by Crippen LogP contribution is 2.32. The number of aromatic carboxylic acids is 1. The highest BCUT2D eigenvalue weighted by molar-refractivity contribution is 7.94. The van der Waals surface area contributed by atoms with Crippen molar-refractivity contribution in [2.24, 2.45) is 17.9 Å². The van der Waals surface area contributed by atoms with Crippen molar-refractivity contribution in [3.8, 4) is 10.6 Å². The second-order valence-electron chi connectivity index (χ2n) is 5.17. The van der Waals surface area contributed by atoms with Crippen LogP contribution in [0.2, 0.25) is 5.02 Å². The van der Waals surface area contributed by atoms with E-state index in [-0.39, 0.29) is 5.56 Å². The van der Waals surface area contributed by atoms with E-state index in [0.717, 1.165) is 17.6 Å². The number of benzene rings is 2. The summed E-state index contributed by atoms with van der Waals surface area (Å²) in [4.78, 5) is 20.9. The van der Waals surface area contributed by atoms with E-state index < -0.39 is 5.97 Å². The van der Waals surface area contributed by atoms with Crippen LogP contribution in [-0.4, -0.2) is 20.9 Å². The van der Waals surface area contributed by atoms with Gasteiger partial charge in [0.1, 0.15) is 5.01 Å². The predicted molar refractivity (Wildman–Crippen MR) is 102 cm³/mol. The van der Waals surface area contributed by atoms with Crippen molar-refractivity contribution >= 4 is 46.6 Å². The Kier molecular flexibility index (Phi) is 6.26. The van der Waals surface area contributed by atoms with Crippen LogP contribution in [0.3, 0.4) is 0 Å². The number of halogens is 1. The third-order valence-electron chi connectivity index (χ3n) is 3.36. The molecule has 3 N–H and O–H groups in total. The first kappa shape index (κ1) is 19.5. The Hall–Kier alpha value is -2.21. The van der Waals surface area contributed by atoms with Gasteiger partial charge in [-0.3, -0.25) is 0 Å². The van der Waals surface area contributed by atoms with E-state index in [2.05, 4.69) is 19.4 Å². The third kappa shape index (κ3) is 4.75. The van der Waals surface area contributed by atoms with Crippen molar-refractivity contribution in [2.75, 3.05) is 0 Å². The third-order valence-corrected chi connectivity index (χ3v) is 5.52. The second-order valence-corrected chi connectivity index (χ2v) is 7.28. The lowest BCUT2D eigenvalue weighted by molar-refractivity contribution is -0.195. The van der Waals surface area contributed by atoms with Crippen molar-refractivity contribution in [3.63, 3.8) is 0 Å². The number of hydrogen-bond acceptors (Lipinski definition) is 8. The number of hydrogen-bond donors (Lipinski definition) is 2. The molecule has 0 saturated heterocycles. The monoisotopic (exact) mass is 424 g/mol. The van der Waals surface area contributed by atoms with Crippen molar-refractivity contribution < 1.29 is 19.2 Å². The Balaban J connectivity index is 1.97. The molecule has 3 rings (SSSR count). The zero-order chi connectivity index (χ0) is 19.4. The maximum Gasteiger partial charge on any atom is 0.335 e. The minimum atomic E-state index is -1.00. The van der Waals surface area contributed by atoms with E-state index in [1.165, 1.54) is 23.5 Å². The molecule has 0 amide bonds. The Morgan fingerprint density at radius 1 is 1.37 bits per heavy atom. The average molecular weight is 425 g/mol. The predicted octanol–water partition coefficient (Wildman–Crippen LogP) is 3.56. The lowest BCUT2D eigenvalue weighted by Gasteiger charge is -2.03. The van der Waals surface area contributed by atoms with Crippen LogP contribution >= 0.6 is 35.0 Å². The van der Waals surface area contributed by atoms with Gasteiger partial charge >= 0.3 is 5.97 Å². The summed E-state index contributed by atoms with van der Waals surface area (Å²) in [6, 6.07) is 11.7. The highest BCUT2D eigenvalue weighted by atomic mass is 35.5. The Morgan fingerprint density at radius 2 is 2.19 bits per heavy atom.